The maximum Gasteiger partial charge on any atom is 0.242 e. The Morgan fingerprint density at radius 1 is 0.857 bits per heavy atom. The van der Waals surface area contributed by atoms with Crippen molar-refractivity contribution in [1.82, 2.24) is 26.0 Å². The first kappa shape index (κ1) is 36.6. The van der Waals surface area contributed by atoms with E-state index in [4.69, 9.17) is 10.9 Å². The lowest BCUT2D eigenvalue weighted by molar-refractivity contribution is -0.130. The van der Waals surface area contributed by atoms with Gasteiger partial charge >= 0.3 is 0 Å². The highest BCUT2D eigenvalue weighted by molar-refractivity contribution is 7.88. The average molecular weight is 692 g/mol. The van der Waals surface area contributed by atoms with Crippen LogP contribution in [0.5, 0.6) is 0 Å². The van der Waals surface area contributed by atoms with Crippen LogP contribution >= 0.6 is 0 Å². The molecule has 15 heteroatoms. The molecule has 0 fully saturated rings. The second kappa shape index (κ2) is 17.8. The molecule has 0 aliphatic carbocycles. The Hall–Kier alpha value is -5.28. The zero-order valence-electron chi connectivity index (χ0n) is 26.9. The van der Waals surface area contributed by atoms with Crippen LogP contribution in [0.15, 0.2) is 84.0 Å². The molecule has 49 heavy (non-hydrogen) atoms. The Kier molecular flexibility index (Phi) is 13.2. The SMILES string of the molecule is NC(=NO)c1ccc(CNC(=O)C2CCCC(=O)NCc3cccc(c3)CNC(=O)CCC(NS(=O)(=O)Cc3ccccc3)C(=O)N2)cc1. The molecule has 2 unspecified atom stereocenters. The number of amides is 4. The molecule has 260 valence electrons. The van der Waals surface area contributed by atoms with E-state index in [0.717, 1.165) is 11.1 Å². The van der Waals surface area contributed by atoms with E-state index in [1.165, 1.54) is 0 Å². The summed E-state index contributed by atoms with van der Waals surface area (Å²) in [5, 5.41) is 22.9. The maximum atomic E-state index is 13.7. The molecule has 2 atom stereocenters. The summed E-state index contributed by atoms with van der Waals surface area (Å²) >= 11 is 0. The molecule has 8 N–H and O–H groups in total. The molecule has 1 heterocycles. The minimum atomic E-state index is -4.05. The summed E-state index contributed by atoms with van der Waals surface area (Å²) in [6.07, 6.45) is 0.0609. The van der Waals surface area contributed by atoms with Crippen LogP contribution in [0.2, 0.25) is 0 Å². The van der Waals surface area contributed by atoms with E-state index >= 15 is 0 Å². The molecule has 14 nitrogen and oxygen atoms in total. The molecule has 4 amide bonds. The predicted molar refractivity (Wildman–Crippen MR) is 182 cm³/mol. The highest BCUT2D eigenvalue weighted by Gasteiger charge is 2.29. The Morgan fingerprint density at radius 2 is 1.51 bits per heavy atom. The number of oxime groups is 1. The van der Waals surface area contributed by atoms with Crippen LogP contribution in [0.4, 0.5) is 0 Å². The third kappa shape index (κ3) is 12.0. The van der Waals surface area contributed by atoms with Crippen molar-refractivity contribution in [2.24, 2.45) is 10.9 Å². The van der Waals surface area contributed by atoms with Crippen molar-refractivity contribution in [3.05, 3.63) is 107 Å². The Labute approximate surface area is 285 Å². The number of rotatable bonds is 8. The highest BCUT2D eigenvalue weighted by Crippen LogP contribution is 2.12. The summed E-state index contributed by atoms with van der Waals surface area (Å²) in [5.74, 6) is -2.45. The minimum Gasteiger partial charge on any atom is -0.409 e. The molecule has 0 spiro atoms. The summed E-state index contributed by atoms with van der Waals surface area (Å²) in [7, 11) is -4.05. The molecule has 4 rings (SSSR count). The summed E-state index contributed by atoms with van der Waals surface area (Å²) in [5.41, 5.74) is 8.95. The largest absolute Gasteiger partial charge is 0.409 e. The topological polar surface area (TPSA) is 221 Å². The van der Waals surface area contributed by atoms with Crippen LogP contribution in [-0.4, -0.2) is 55.2 Å². The smallest absolute Gasteiger partial charge is 0.242 e. The first-order valence-corrected chi connectivity index (χ1v) is 17.5. The van der Waals surface area contributed by atoms with E-state index in [9.17, 15) is 27.6 Å². The normalized spacial score (nSPS) is 18.6. The van der Waals surface area contributed by atoms with Crippen molar-refractivity contribution >= 4 is 39.5 Å². The number of sulfonamides is 1. The van der Waals surface area contributed by atoms with Gasteiger partial charge in [0, 0.05) is 38.0 Å². The highest BCUT2D eigenvalue weighted by atomic mass is 32.2. The van der Waals surface area contributed by atoms with Gasteiger partial charge < -0.3 is 32.2 Å². The van der Waals surface area contributed by atoms with Gasteiger partial charge in [0.2, 0.25) is 33.7 Å². The number of hydrogen-bond donors (Lipinski definition) is 7. The molecular formula is C34H41N7O7S. The maximum absolute atomic E-state index is 13.7. The average Bonchev–Trinajstić information content (AvgIpc) is 3.10. The van der Waals surface area contributed by atoms with Gasteiger partial charge in [-0.3, -0.25) is 19.2 Å². The van der Waals surface area contributed by atoms with Crippen LogP contribution in [0.25, 0.3) is 0 Å². The van der Waals surface area contributed by atoms with Gasteiger partial charge in [-0.1, -0.05) is 84.0 Å². The van der Waals surface area contributed by atoms with Crippen molar-refractivity contribution < 1.29 is 32.8 Å². The van der Waals surface area contributed by atoms with E-state index in [1.807, 2.05) is 24.3 Å². The number of carbonyl (C=O) groups is 4. The van der Waals surface area contributed by atoms with Crippen molar-refractivity contribution in [2.75, 3.05) is 0 Å². The number of fused-ring (bicyclic) bond motifs is 2. The minimum absolute atomic E-state index is 0.0699. The quantitative estimate of drug-likeness (QED) is 0.0787. The number of nitrogens with one attached hydrogen (secondary N) is 5. The van der Waals surface area contributed by atoms with Gasteiger partial charge in [-0.25, -0.2) is 13.1 Å². The van der Waals surface area contributed by atoms with E-state index in [-0.39, 0.29) is 63.5 Å². The lowest BCUT2D eigenvalue weighted by Crippen LogP contribution is -2.54. The molecule has 1 aliphatic rings. The van der Waals surface area contributed by atoms with Crippen LogP contribution in [-0.2, 0) is 54.6 Å². The molecule has 2 bridgehead atoms. The van der Waals surface area contributed by atoms with Gasteiger partial charge in [0.1, 0.15) is 12.1 Å². The Bertz CT molecular complexity index is 1750. The standard InChI is InChI=1S/C34H41N7O7S/c35-32(40-46)27-14-12-23(13-15-27)19-38-33(44)28-10-5-11-30(42)36-20-25-8-4-9-26(18-25)21-37-31(43)17-16-29(34(45)39-28)41-49(47,48)22-24-6-2-1-3-7-24/h1-4,6-9,12-15,18,28-29,41,46H,5,10-11,16-17,19-22H2,(H2,35,40)(H,36,42)(H,37,43)(H,38,44)(H,39,45). The molecule has 0 radical (unpaired) electrons. The number of amidine groups is 1. The lowest BCUT2D eigenvalue weighted by atomic mass is 10.1. The molecule has 3 aromatic rings. The lowest BCUT2D eigenvalue weighted by Gasteiger charge is -2.23. The molecule has 0 saturated carbocycles. The van der Waals surface area contributed by atoms with Crippen LogP contribution in [0, 0.1) is 0 Å². The number of hydrogen-bond acceptors (Lipinski definition) is 8. The third-order valence-corrected chi connectivity index (χ3v) is 9.18. The first-order valence-electron chi connectivity index (χ1n) is 15.8. The Morgan fingerprint density at radius 3 is 2.16 bits per heavy atom. The summed E-state index contributed by atoms with van der Waals surface area (Å²) < 4.78 is 28.8. The first-order chi connectivity index (χ1) is 23.5. The fourth-order valence-corrected chi connectivity index (χ4v) is 6.54. The molecule has 1 aliphatic heterocycles. The van der Waals surface area contributed by atoms with Crippen molar-refractivity contribution in [2.45, 2.75) is 69.6 Å². The second-order valence-electron chi connectivity index (χ2n) is 11.7. The fraction of sp³-hybridized carbons (Fsp3) is 0.324. The van der Waals surface area contributed by atoms with Gasteiger partial charge in [0.25, 0.3) is 0 Å². The van der Waals surface area contributed by atoms with E-state index < -0.39 is 45.6 Å². The van der Waals surface area contributed by atoms with Crippen molar-refractivity contribution in [1.29, 1.82) is 0 Å². The molecular weight excluding hydrogens is 650 g/mol. The van der Waals surface area contributed by atoms with Gasteiger partial charge in [0.05, 0.1) is 5.75 Å². The van der Waals surface area contributed by atoms with Gasteiger partial charge in [-0.2, -0.15) is 0 Å². The number of nitrogens with two attached hydrogens (primary N) is 1. The summed E-state index contributed by atoms with van der Waals surface area (Å²) in [6.45, 7) is 0.555. The van der Waals surface area contributed by atoms with Crippen LogP contribution < -0.4 is 31.7 Å². The number of carbonyl (C=O) groups excluding carboxylic acids is 4. The van der Waals surface area contributed by atoms with Gasteiger partial charge in [-0.15, -0.1) is 0 Å². The van der Waals surface area contributed by atoms with Gasteiger partial charge in [0.15, 0.2) is 5.84 Å². The molecule has 3 aromatic carbocycles. The fourth-order valence-electron chi connectivity index (χ4n) is 5.17. The van der Waals surface area contributed by atoms with Crippen molar-refractivity contribution in [3.8, 4) is 0 Å². The predicted octanol–water partition coefficient (Wildman–Crippen LogP) is 1.27. The van der Waals surface area contributed by atoms with E-state index in [2.05, 4.69) is 31.1 Å². The Balaban J connectivity index is 1.53. The third-order valence-electron chi connectivity index (χ3n) is 7.82. The summed E-state index contributed by atoms with van der Waals surface area (Å²) in [6, 6.07) is 19.9. The van der Waals surface area contributed by atoms with E-state index in [1.54, 1.807) is 54.6 Å². The molecule has 0 aromatic heterocycles. The van der Waals surface area contributed by atoms with Crippen molar-refractivity contribution in [3.63, 3.8) is 0 Å². The van der Waals surface area contributed by atoms with Crippen LogP contribution in [0.3, 0.4) is 0 Å². The van der Waals surface area contributed by atoms with Crippen LogP contribution in [0.1, 0.15) is 59.9 Å². The van der Waals surface area contributed by atoms with Gasteiger partial charge in [-0.05, 0) is 41.5 Å². The second-order valence-corrected chi connectivity index (χ2v) is 13.4. The molecule has 0 saturated heterocycles. The monoisotopic (exact) mass is 691 g/mol. The zero-order valence-corrected chi connectivity index (χ0v) is 27.7. The number of nitrogens with zero attached hydrogens (tertiary/aromatic N) is 1. The van der Waals surface area contributed by atoms with E-state index in [0.29, 0.717) is 16.7 Å². The summed E-state index contributed by atoms with van der Waals surface area (Å²) in [4.78, 5) is 52.6. The zero-order chi connectivity index (χ0) is 35.2. The number of benzene rings is 3.